The summed E-state index contributed by atoms with van der Waals surface area (Å²) in [6, 6.07) is 5.05. The highest BCUT2D eigenvalue weighted by molar-refractivity contribution is 6.07. The molecule has 0 aromatic carbocycles. The Labute approximate surface area is 80.7 Å². The number of hydrogen-bond donors (Lipinski definition) is 2. The Kier molecular flexibility index (Phi) is 2.20. The number of aromatic amines is 1. The molecule has 0 radical (unpaired) electrons. The van der Waals surface area contributed by atoms with E-state index in [1.165, 1.54) is 6.26 Å². The van der Waals surface area contributed by atoms with Crippen molar-refractivity contribution < 1.29 is 9.21 Å². The van der Waals surface area contributed by atoms with Gasteiger partial charge in [0.2, 0.25) is 5.78 Å². The number of ketones is 1. The fourth-order valence-corrected chi connectivity index (χ4v) is 1.24. The van der Waals surface area contributed by atoms with Gasteiger partial charge in [0.1, 0.15) is 0 Å². The molecule has 2 aromatic rings. The second kappa shape index (κ2) is 3.51. The number of carbonyl (C=O) groups excluding carboxylic acids is 1. The van der Waals surface area contributed by atoms with Gasteiger partial charge in [-0.15, -0.1) is 0 Å². The van der Waals surface area contributed by atoms with Crippen molar-refractivity contribution in [1.29, 1.82) is 0 Å². The second-order valence-electron chi connectivity index (χ2n) is 2.92. The largest absolute Gasteiger partial charge is 0.461 e. The number of carbonyl (C=O) groups is 1. The quantitative estimate of drug-likeness (QED) is 0.716. The van der Waals surface area contributed by atoms with Crippen LogP contribution in [0, 0.1) is 0 Å². The molecule has 4 heteroatoms. The number of aromatic nitrogens is 1. The van der Waals surface area contributed by atoms with Gasteiger partial charge in [-0.25, -0.2) is 0 Å². The molecule has 0 aliphatic heterocycles. The molecule has 0 aliphatic carbocycles. The molecule has 0 bridgehead atoms. The Morgan fingerprint density at radius 2 is 2.43 bits per heavy atom. The summed E-state index contributed by atoms with van der Waals surface area (Å²) in [7, 11) is 0. The van der Waals surface area contributed by atoms with Crippen molar-refractivity contribution in [1.82, 2.24) is 4.98 Å². The van der Waals surface area contributed by atoms with E-state index in [4.69, 9.17) is 10.2 Å². The van der Waals surface area contributed by atoms with E-state index in [0.29, 0.717) is 17.9 Å². The summed E-state index contributed by atoms with van der Waals surface area (Å²) >= 11 is 0. The van der Waals surface area contributed by atoms with E-state index in [9.17, 15) is 4.79 Å². The molecule has 0 amide bonds. The maximum atomic E-state index is 11.7. The average molecular weight is 190 g/mol. The molecule has 2 rings (SSSR count). The standard InChI is InChI=1S/C10H10N2O2/c11-5-8-4-7(6-12-8)10(13)9-2-1-3-14-9/h1-4,6,12H,5,11H2. The third-order valence-corrected chi connectivity index (χ3v) is 1.97. The summed E-state index contributed by atoms with van der Waals surface area (Å²) < 4.78 is 5.00. The Morgan fingerprint density at radius 3 is 3.00 bits per heavy atom. The maximum absolute atomic E-state index is 11.7. The molecule has 2 heterocycles. The molecule has 0 aliphatic rings. The molecule has 0 fully saturated rings. The summed E-state index contributed by atoms with van der Waals surface area (Å²) in [6.07, 6.45) is 3.11. The van der Waals surface area contributed by atoms with Gasteiger partial charge in [-0.1, -0.05) is 0 Å². The fraction of sp³-hybridized carbons (Fsp3) is 0.100. The number of rotatable bonds is 3. The summed E-state index contributed by atoms with van der Waals surface area (Å²) in [6.45, 7) is 0.394. The first-order valence-electron chi connectivity index (χ1n) is 4.27. The van der Waals surface area contributed by atoms with Crippen LogP contribution in [0.15, 0.2) is 35.1 Å². The SMILES string of the molecule is NCc1cc(C(=O)c2ccco2)c[nH]1. The number of nitrogens with two attached hydrogens (primary N) is 1. The third-order valence-electron chi connectivity index (χ3n) is 1.97. The maximum Gasteiger partial charge on any atom is 0.229 e. The van der Waals surface area contributed by atoms with Crippen molar-refractivity contribution in [2.75, 3.05) is 0 Å². The van der Waals surface area contributed by atoms with Crippen LogP contribution < -0.4 is 5.73 Å². The first kappa shape index (κ1) is 8.77. The van der Waals surface area contributed by atoms with Crippen molar-refractivity contribution in [3.05, 3.63) is 47.7 Å². The molecule has 0 unspecified atom stereocenters. The van der Waals surface area contributed by atoms with E-state index in [1.54, 1.807) is 24.4 Å². The molecular weight excluding hydrogens is 180 g/mol. The summed E-state index contributed by atoms with van der Waals surface area (Å²) in [5, 5.41) is 0. The van der Waals surface area contributed by atoms with Crippen molar-refractivity contribution in [2.24, 2.45) is 5.73 Å². The molecular formula is C10H10N2O2. The van der Waals surface area contributed by atoms with Gasteiger partial charge in [0.15, 0.2) is 5.76 Å². The highest BCUT2D eigenvalue weighted by Crippen LogP contribution is 2.11. The average Bonchev–Trinajstić information content (AvgIpc) is 2.88. The molecule has 0 saturated heterocycles. The van der Waals surface area contributed by atoms with E-state index in [0.717, 1.165) is 5.69 Å². The van der Waals surface area contributed by atoms with E-state index in [1.807, 2.05) is 0 Å². The van der Waals surface area contributed by atoms with E-state index < -0.39 is 0 Å². The lowest BCUT2D eigenvalue weighted by atomic mass is 10.2. The second-order valence-corrected chi connectivity index (χ2v) is 2.92. The van der Waals surface area contributed by atoms with Crippen LogP contribution in [0.1, 0.15) is 21.8 Å². The molecule has 0 saturated carbocycles. The Balaban J connectivity index is 2.28. The normalized spacial score (nSPS) is 10.4. The molecule has 0 spiro atoms. The topological polar surface area (TPSA) is 72.0 Å². The minimum Gasteiger partial charge on any atom is -0.461 e. The summed E-state index contributed by atoms with van der Waals surface area (Å²) in [4.78, 5) is 14.6. The lowest BCUT2D eigenvalue weighted by Crippen LogP contribution is -1.98. The first-order valence-corrected chi connectivity index (χ1v) is 4.27. The number of H-pyrrole nitrogens is 1. The highest BCUT2D eigenvalue weighted by Gasteiger charge is 2.12. The predicted octanol–water partition coefficient (Wildman–Crippen LogP) is 1.30. The summed E-state index contributed by atoms with van der Waals surface area (Å²) in [5.41, 5.74) is 6.82. The number of nitrogens with one attached hydrogen (secondary N) is 1. The van der Waals surface area contributed by atoms with Gasteiger partial charge in [0.05, 0.1) is 6.26 Å². The van der Waals surface area contributed by atoms with Crippen LogP contribution in [0.3, 0.4) is 0 Å². The predicted molar refractivity (Wildman–Crippen MR) is 50.8 cm³/mol. The minimum absolute atomic E-state index is 0.133. The van der Waals surface area contributed by atoms with E-state index in [2.05, 4.69) is 4.98 Å². The lowest BCUT2D eigenvalue weighted by molar-refractivity contribution is 0.101. The van der Waals surface area contributed by atoms with E-state index in [-0.39, 0.29) is 5.78 Å². The zero-order chi connectivity index (χ0) is 9.97. The Morgan fingerprint density at radius 1 is 1.57 bits per heavy atom. The van der Waals surface area contributed by atoms with Gasteiger partial charge in [0.25, 0.3) is 0 Å². The van der Waals surface area contributed by atoms with Crippen LogP contribution in [0.5, 0.6) is 0 Å². The number of furan rings is 1. The van der Waals surface area contributed by atoms with Crippen molar-refractivity contribution in [3.8, 4) is 0 Å². The van der Waals surface area contributed by atoms with Crippen LogP contribution in [-0.4, -0.2) is 10.8 Å². The zero-order valence-electron chi connectivity index (χ0n) is 7.49. The van der Waals surface area contributed by atoms with Gasteiger partial charge in [-0.05, 0) is 18.2 Å². The third kappa shape index (κ3) is 1.47. The van der Waals surface area contributed by atoms with Crippen molar-refractivity contribution in [3.63, 3.8) is 0 Å². The highest BCUT2D eigenvalue weighted by atomic mass is 16.3. The van der Waals surface area contributed by atoms with Crippen LogP contribution in [0.25, 0.3) is 0 Å². The Hall–Kier alpha value is -1.81. The number of hydrogen-bond acceptors (Lipinski definition) is 3. The molecule has 0 atom stereocenters. The van der Waals surface area contributed by atoms with Crippen LogP contribution in [0.4, 0.5) is 0 Å². The smallest absolute Gasteiger partial charge is 0.229 e. The van der Waals surface area contributed by atoms with Gasteiger partial charge < -0.3 is 15.1 Å². The lowest BCUT2D eigenvalue weighted by Gasteiger charge is -1.90. The monoisotopic (exact) mass is 190 g/mol. The minimum atomic E-state index is -0.133. The Bertz CT molecular complexity index is 429. The van der Waals surface area contributed by atoms with Crippen LogP contribution >= 0.6 is 0 Å². The van der Waals surface area contributed by atoms with Gasteiger partial charge in [-0.2, -0.15) is 0 Å². The zero-order valence-corrected chi connectivity index (χ0v) is 7.49. The van der Waals surface area contributed by atoms with Gasteiger partial charge in [0, 0.05) is 24.0 Å². The molecule has 3 N–H and O–H groups in total. The van der Waals surface area contributed by atoms with Crippen LogP contribution in [0.2, 0.25) is 0 Å². The molecule has 14 heavy (non-hydrogen) atoms. The van der Waals surface area contributed by atoms with E-state index >= 15 is 0 Å². The van der Waals surface area contributed by atoms with Gasteiger partial charge in [-0.3, -0.25) is 4.79 Å². The summed E-state index contributed by atoms with van der Waals surface area (Å²) in [5.74, 6) is 0.207. The first-order chi connectivity index (χ1) is 6.81. The molecule has 4 nitrogen and oxygen atoms in total. The van der Waals surface area contributed by atoms with Crippen molar-refractivity contribution in [2.45, 2.75) is 6.54 Å². The molecule has 72 valence electrons. The van der Waals surface area contributed by atoms with Crippen molar-refractivity contribution >= 4 is 5.78 Å². The molecule has 2 aromatic heterocycles. The van der Waals surface area contributed by atoms with Gasteiger partial charge >= 0.3 is 0 Å². The fourth-order valence-electron chi connectivity index (χ4n) is 1.24. The van der Waals surface area contributed by atoms with Crippen LogP contribution in [-0.2, 0) is 6.54 Å².